The summed E-state index contributed by atoms with van der Waals surface area (Å²) in [7, 11) is 0. The van der Waals surface area contributed by atoms with Crippen LogP contribution in [0.2, 0.25) is 0 Å². The second kappa shape index (κ2) is 7.89. The summed E-state index contributed by atoms with van der Waals surface area (Å²) in [5, 5.41) is 2.14. The topological polar surface area (TPSA) is 58.6 Å². The molecule has 0 bridgehead atoms. The van der Waals surface area contributed by atoms with Gasteiger partial charge in [0.2, 0.25) is 5.91 Å². The number of allylic oxidation sites excluding steroid dienone is 1. The van der Waals surface area contributed by atoms with Crippen molar-refractivity contribution in [2.24, 2.45) is 0 Å². The molecule has 1 saturated heterocycles. The maximum Gasteiger partial charge on any atom is 0.326 e. The molecule has 5 nitrogen and oxygen atoms in total. The lowest BCUT2D eigenvalue weighted by molar-refractivity contribution is -0.118. The van der Waals surface area contributed by atoms with Crippen LogP contribution < -0.4 is 5.32 Å². The first-order valence-electron chi connectivity index (χ1n) is 6.49. The molecule has 1 aliphatic rings. The lowest BCUT2D eigenvalue weighted by Gasteiger charge is -2.35. The molecule has 0 saturated carbocycles. The molecule has 0 aromatic carbocycles. The van der Waals surface area contributed by atoms with Crippen LogP contribution in [-0.4, -0.2) is 42.4 Å². The lowest BCUT2D eigenvalue weighted by Crippen LogP contribution is -2.52. The minimum absolute atomic E-state index is 0.124. The smallest absolute Gasteiger partial charge is 0.326 e. The van der Waals surface area contributed by atoms with E-state index in [0.717, 1.165) is 4.90 Å². The molecule has 1 heterocycles. The minimum atomic E-state index is -1.43. The first kappa shape index (κ1) is 15.6. The average Bonchev–Trinajstić information content (AvgIpc) is 2.37. The van der Waals surface area contributed by atoms with E-state index in [1.54, 1.807) is 19.1 Å². The van der Waals surface area contributed by atoms with Gasteiger partial charge in [-0.05, 0) is 19.8 Å². The van der Waals surface area contributed by atoms with Crippen molar-refractivity contribution in [2.75, 3.05) is 13.2 Å². The molecule has 3 amide bonds. The molecule has 0 aromatic rings. The van der Waals surface area contributed by atoms with Crippen molar-refractivity contribution < 1.29 is 18.7 Å². The Bertz CT molecular complexity index is 341. The number of hydrogen-bond donors (Lipinski definition) is 1. The highest BCUT2D eigenvalue weighted by molar-refractivity contribution is 5.93. The van der Waals surface area contributed by atoms with Gasteiger partial charge in [-0.1, -0.05) is 12.2 Å². The number of urea groups is 1. The fourth-order valence-electron chi connectivity index (χ4n) is 2.06. The van der Waals surface area contributed by atoms with Crippen molar-refractivity contribution in [1.29, 1.82) is 0 Å². The third-order valence-electron chi connectivity index (χ3n) is 2.97. The molecular weight excluding hydrogens is 251 g/mol. The van der Waals surface area contributed by atoms with Crippen LogP contribution in [0.1, 0.15) is 33.1 Å². The van der Waals surface area contributed by atoms with Crippen molar-refractivity contribution in [1.82, 2.24) is 10.2 Å². The summed E-state index contributed by atoms with van der Waals surface area (Å²) in [6.45, 7) is 4.04. The third kappa shape index (κ3) is 4.98. The van der Waals surface area contributed by atoms with Gasteiger partial charge in [0, 0.05) is 32.6 Å². The van der Waals surface area contributed by atoms with Crippen LogP contribution in [0.5, 0.6) is 0 Å². The fourth-order valence-corrected chi connectivity index (χ4v) is 2.06. The molecule has 1 N–H and O–H groups in total. The Labute approximate surface area is 112 Å². The Morgan fingerprint density at radius 3 is 2.63 bits per heavy atom. The van der Waals surface area contributed by atoms with Gasteiger partial charge in [-0.15, -0.1) is 0 Å². The molecule has 0 spiro atoms. The monoisotopic (exact) mass is 272 g/mol. The lowest BCUT2D eigenvalue weighted by atomic mass is 10.1. The van der Waals surface area contributed by atoms with E-state index in [4.69, 9.17) is 4.74 Å². The number of imide groups is 1. The van der Waals surface area contributed by atoms with Crippen molar-refractivity contribution in [2.45, 2.75) is 45.4 Å². The minimum Gasteiger partial charge on any atom is -0.381 e. The number of nitrogens with one attached hydrogen (secondary N) is 1. The average molecular weight is 272 g/mol. The van der Waals surface area contributed by atoms with Crippen molar-refractivity contribution in [3.8, 4) is 0 Å². The van der Waals surface area contributed by atoms with Gasteiger partial charge in [0.25, 0.3) is 0 Å². The highest BCUT2D eigenvalue weighted by atomic mass is 19.1. The summed E-state index contributed by atoms with van der Waals surface area (Å²) in [6, 6.07) is -0.898. The molecular formula is C13H21FN2O3. The summed E-state index contributed by atoms with van der Waals surface area (Å²) < 4.78 is 19.4. The van der Waals surface area contributed by atoms with Gasteiger partial charge >= 0.3 is 6.03 Å². The van der Waals surface area contributed by atoms with E-state index in [1.807, 2.05) is 0 Å². The second-order valence-corrected chi connectivity index (χ2v) is 4.48. The standard InChI is InChI=1S/C13H21FN2O3/c1-3-4-5-12(14)16(13(18)15-10(2)17)11-6-8-19-9-7-11/h3-4,11-12H,5-9H2,1-2H3,(H,15,17,18)/b4-3-. The number of halogens is 1. The predicted octanol–water partition coefficient (Wildman–Crippen LogP) is 1.99. The van der Waals surface area contributed by atoms with Gasteiger partial charge in [0.1, 0.15) is 0 Å². The zero-order chi connectivity index (χ0) is 14.3. The first-order valence-corrected chi connectivity index (χ1v) is 6.49. The van der Waals surface area contributed by atoms with Gasteiger partial charge in [0.05, 0.1) is 0 Å². The molecule has 108 valence electrons. The van der Waals surface area contributed by atoms with Gasteiger partial charge in [0.15, 0.2) is 6.30 Å². The first-order chi connectivity index (χ1) is 9.06. The third-order valence-corrected chi connectivity index (χ3v) is 2.97. The van der Waals surface area contributed by atoms with Gasteiger partial charge in [-0.2, -0.15) is 0 Å². The van der Waals surface area contributed by atoms with Crippen LogP contribution in [0.15, 0.2) is 12.2 Å². The van der Waals surface area contributed by atoms with Crippen LogP contribution >= 0.6 is 0 Å². The Hall–Kier alpha value is -1.43. The maximum absolute atomic E-state index is 14.2. The number of carbonyl (C=O) groups excluding carboxylic acids is 2. The van der Waals surface area contributed by atoms with Crippen molar-refractivity contribution in [3.63, 3.8) is 0 Å². The summed E-state index contributed by atoms with van der Waals surface area (Å²) >= 11 is 0. The highest BCUT2D eigenvalue weighted by Crippen LogP contribution is 2.20. The predicted molar refractivity (Wildman–Crippen MR) is 69.2 cm³/mol. The number of ether oxygens (including phenoxy) is 1. The van der Waals surface area contributed by atoms with Crippen LogP contribution in [0.25, 0.3) is 0 Å². The number of nitrogens with zero attached hydrogens (tertiary/aromatic N) is 1. The van der Waals surface area contributed by atoms with Crippen LogP contribution in [0, 0.1) is 0 Å². The van der Waals surface area contributed by atoms with Crippen molar-refractivity contribution in [3.05, 3.63) is 12.2 Å². The molecule has 19 heavy (non-hydrogen) atoms. The summed E-state index contributed by atoms with van der Waals surface area (Å²) in [4.78, 5) is 24.0. The molecule has 6 heteroatoms. The molecule has 1 aliphatic heterocycles. The number of amides is 3. The van der Waals surface area contributed by atoms with E-state index in [1.165, 1.54) is 6.92 Å². The van der Waals surface area contributed by atoms with E-state index in [2.05, 4.69) is 5.32 Å². The fraction of sp³-hybridized carbons (Fsp3) is 0.692. The van der Waals surface area contributed by atoms with Crippen molar-refractivity contribution >= 4 is 11.9 Å². The zero-order valence-corrected chi connectivity index (χ0v) is 11.4. The van der Waals surface area contributed by atoms with Gasteiger partial charge < -0.3 is 4.74 Å². The van der Waals surface area contributed by atoms with Crippen LogP contribution in [-0.2, 0) is 9.53 Å². The maximum atomic E-state index is 14.2. The van der Waals surface area contributed by atoms with E-state index in [-0.39, 0.29) is 12.5 Å². The SMILES string of the molecule is C/C=C\CC(F)N(C(=O)NC(C)=O)C1CCOCC1. The Morgan fingerprint density at radius 2 is 2.11 bits per heavy atom. The molecule has 1 unspecified atom stereocenters. The molecule has 0 radical (unpaired) electrons. The Balaban J connectivity index is 2.75. The summed E-state index contributed by atoms with van der Waals surface area (Å²) in [6.07, 6.45) is 3.26. The highest BCUT2D eigenvalue weighted by Gasteiger charge is 2.31. The Morgan fingerprint density at radius 1 is 1.47 bits per heavy atom. The quantitative estimate of drug-likeness (QED) is 0.629. The number of rotatable bonds is 4. The number of hydrogen-bond acceptors (Lipinski definition) is 3. The number of alkyl halides is 1. The van der Waals surface area contributed by atoms with Gasteiger partial charge in [-0.3, -0.25) is 15.0 Å². The normalized spacial score (nSPS) is 18.3. The summed E-state index contributed by atoms with van der Waals surface area (Å²) in [5.41, 5.74) is 0. The molecule has 1 atom stereocenters. The van der Waals surface area contributed by atoms with Crippen LogP contribution in [0.3, 0.4) is 0 Å². The Kier molecular flexibility index (Phi) is 6.49. The molecule has 0 aliphatic carbocycles. The van der Waals surface area contributed by atoms with E-state index >= 15 is 0 Å². The zero-order valence-electron chi connectivity index (χ0n) is 11.4. The second-order valence-electron chi connectivity index (χ2n) is 4.48. The van der Waals surface area contributed by atoms with E-state index in [9.17, 15) is 14.0 Å². The largest absolute Gasteiger partial charge is 0.381 e. The molecule has 1 fully saturated rings. The molecule has 0 aromatic heterocycles. The van der Waals surface area contributed by atoms with Crippen LogP contribution in [0.4, 0.5) is 9.18 Å². The van der Waals surface area contributed by atoms with E-state index < -0.39 is 18.2 Å². The number of carbonyl (C=O) groups is 2. The van der Waals surface area contributed by atoms with E-state index in [0.29, 0.717) is 26.1 Å². The van der Waals surface area contributed by atoms with Gasteiger partial charge in [-0.25, -0.2) is 9.18 Å². The molecule has 1 rings (SSSR count). The summed E-state index contributed by atoms with van der Waals surface area (Å²) in [5.74, 6) is -0.486.